The van der Waals surface area contributed by atoms with Crippen molar-refractivity contribution >= 4 is 11.7 Å². The fourth-order valence-corrected chi connectivity index (χ4v) is 1.32. The fraction of sp³-hybridized carbons (Fsp3) is 0.500. The molecular weight excluding hydrogens is 218 g/mol. The van der Waals surface area contributed by atoms with Crippen molar-refractivity contribution in [3.05, 3.63) is 23.9 Å². The minimum absolute atomic E-state index is 0.0772. The van der Waals surface area contributed by atoms with Crippen molar-refractivity contribution in [3.63, 3.8) is 0 Å². The molecule has 17 heavy (non-hydrogen) atoms. The van der Waals surface area contributed by atoms with E-state index in [1.165, 1.54) is 0 Å². The molecule has 5 heteroatoms. The van der Waals surface area contributed by atoms with Crippen LogP contribution in [-0.4, -0.2) is 45.2 Å². The molecule has 94 valence electrons. The van der Waals surface area contributed by atoms with Gasteiger partial charge in [0.25, 0.3) is 5.91 Å². The van der Waals surface area contributed by atoms with E-state index < -0.39 is 0 Å². The molecule has 1 rings (SSSR count). The number of hydrogen-bond donors (Lipinski definition) is 1. The van der Waals surface area contributed by atoms with Crippen LogP contribution in [0.25, 0.3) is 0 Å². The summed E-state index contributed by atoms with van der Waals surface area (Å²) >= 11 is 0. The Morgan fingerprint density at radius 1 is 1.53 bits per heavy atom. The molecule has 0 fully saturated rings. The van der Waals surface area contributed by atoms with Crippen molar-refractivity contribution in [1.29, 1.82) is 0 Å². The van der Waals surface area contributed by atoms with Crippen LogP contribution in [0, 0.1) is 0 Å². The molecule has 0 radical (unpaired) electrons. The monoisotopic (exact) mass is 237 g/mol. The van der Waals surface area contributed by atoms with Gasteiger partial charge in [-0.1, -0.05) is 0 Å². The molecule has 1 heterocycles. The number of methoxy groups -OCH3 is 1. The van der Waals surface area contributed by atoms with Gasteiger partial charge in [-0.25, -0.2) is 4.98 Å². The lowest BCUT2D eigenvalue weighted by atomic mass is 10.2. The largest absolute Gasteiger partial charge is 0.385 e. The number of nitrogens with zero attached hydrogens (tertiary/aromatic N) is 2. The van der Waals surface area contributed by atoms with E-state index in [1.807, 2.05) is 19.0 Å². The topological polar surface area (TPSA) is 54.5 Å². The first-order valence-corrected chi connectivity index (χ1v) is 5.55. The number of carbonyl (C=O) groups is 1. The van der Waals surface area contributed by atoms with Gasteiger partial charge in [0, 0.05) is 46.1 Å². The van der Waals surface area contributed by atoms with Crippen LogP contribution in [0.5, 0.6) is 0 Å². The molecule has 0 aliphatic rings. The first-order valence-electron chi connectivity index (χ1n) is 5.55. The summed E-state index contributed by atoms with van der Waals surface area (Å²) in [7, 11) is 5.43. The summed E-state index contributed by atoms with van der Waals surface area (Å²) in [6.45, 7) is 1.27. The highest BCUT2D eigenvalue weighted by Gasteiger charge is 2.06. The summed E-state index contributed by atoms with van der Waals surface area (Å²) < 4.78 is 4.91. The van der Waals surface area contributed by atoms with Gasteiger partial charge in [0.05, 0.1) is 0 Å². The third kappa shape index (κ3) is 4.40. The molecular formula is C12H19N3O2. The Morgan fingerprint density at radius 3 is 2.94 bits per heavy atom. The van der Waals surface area contributed by atoms with Gasteiger partial charge in [-0.05, 0) is 18.6 Å². The Hall–Kier alpha value is -1.62. The van der Waals surface area contributed by atoms with E-state index >= 15 is 0 Å². The van der Waals surface area contributed by atoms with Gasteiger partial charge in [0.1, 0.15) is 5.82 Å². The molecule has 0 saturated carbocycles. The van der Waals surface area contributed by atoms with Gasteiger partial charge in [-0.3, -0.25) is 4.79 Å². The second-order valence-corrected chi connectivity index (χ2v) is 3.90. The van der Waals surface area contributed by atoms with Gasteiger partial charge >= 0.3 is 0 Å². The van der Waals surface area contributed by atoms with Crippen molar-refractivity contribution in [3.8, 4) is 0 Å². The van der Waals surface area contributed by atoms with E-state index in [0.29, 0.717) is 18.7 Å². The molecule has 0 unspecified atom stereocenters. The lowest BCUT2D eigenvalue weighted by molar-refractivity contribution is 0.0948. The number of pyridine rings is 1. The lowest BCUT2D eigenvalue weighted by Crippen LogP contribution is -2.25. The van der Waals surface area contributed by atoms with Gasteiger partial charge in [-0.15, -0.1) is 0 Å². The predicted molar refractivity (Wildman–Crippen MR) is 67.4 cm³/mol. The molecule has 0 bridgehead atoms. The van der Waals surface area contributed by atoms with Gasteiger partial charge in [0.2, 0.25) is 0 Å². The predicted octanol–water partition coefficient (Wildman–Crippen LogP) is 0.914. The van der Waals surface area contributed by atoms with Crippen molar-refractivity contribution in [2.45, 2.75) is 6.42 Å². The molecule has 0 spiro atoms. The summed E-state index contributed by atoms with van der Waals surface area (Å²) in [5.41, 5.74) is 0.626. The molecule has 5 nitrogen and oxygen atoms in total. The van der Waals surface area contributed by atoms with Gasteiger partial charge in [0.15, 0.2) is 0 Å². The van der Waals surface area contributed by atoms with Crippen molar-refractivity contribution in [2.75, 3.05) is 39.3 Å². The van der Waals surface area contributed by atoms with Crippen LogP contribution >= 0.6 is 0 Å². The number of hydrogen-bond acceptors (Lipinski definition) is 4. The second kappa shape index (κ2) is 6.85. The number of aromatic nitrogens is 1. The number of rotatable bonds is 6. The number of amides is 1. The Kier molecular flexibility index (Phi) is 5.42. The smallest absolute Gasteiger partial charge is 0.251 e. The van der Waals surface area contributed by atoms with Gasteiger partial charge < -0.3 is 15.0 Å². The number of nitrogens with one attached hydrogen (secondary N) is 1. The molecule has 0 saturated heterocycles. The van der Waals surface area contributed by atoms with E-state index in [-0.39, 0.29) is 5.91 Å². The zero-order valence-electron chi connectivity index (χ0n) is 10.6. The van der Waals surface area contributed by atoms with E-state index in [2.05, 4.69) is 10.3 Å². The molecule has 0 aliphatic carbocycles. The summed E-state index contributed by atoms with van der Waals surface area (Å²) in [5, 5.41) is 2.83. The van der Waals surface area contributed by atoms with Crippen molar-refractivity contribution < 1.29 is 9.53 Å². The molecule has 0 aliphatic heterocycles. The van der Waals surface area contributed by atoms with Crippen LogP contribution in [0.4, 0.5) is 5.82 Å². The van der Waals surface area contributed by atoms with E-state index in [1.54, 1.807) is 25.4 Å². The van der Waals surface area contributed by atoms with E-state index in [4.69, 9.17) is 4.74 Å². The van der Waals surface area contributed by atoms with Crippen molar-refractivity contribution in [1.82, 2.24) is 10.3 Å². The third-order valence-electron chi connectivity index (χ3n) is 2.28. The minimum atomic E-state index is -0.0772. The average Bonchev–Trinajstić information content (AvgIpc) is 2.34. The highest BCUT2D eigenvalue weighted by Crippen LogP contribution is 2.09. The van der Waals surface area contributed by atoms with E-state index in [9.17, 15) is 4.79 Å². The van der Waals surface area contributed by atoms with Crippen LogP contribution in [0.3, 0.4) is 0 Å². The van der Waals surface area contributed by atoms with Crippen LogP contribution in [0.1, 0.15) is 16.8 Å². The summed E-state index contributed by atoms with van der Waals surface area (Å²) in [6, 6.07) is 3.48. The molecule has 1 amide bonds. The maximum absolute atomic E-state index is 11.8. The standard InChI is InChI=1S/C12H19N3O2/c1-15(2)11-9-10(5-7-13-11)12(16)14-6-4-8-17-3/h5,7,9H,4,6,8H2,1-3H3,(H,14,16). The van der Waals surface area contributed by atoms with Crippen LogP contribution in [-0.2, 0) is 4.74 Å². The highest BCUT2D eigenvalue weighted by atomic mass is 16.5. The summed E-state index contributed by atoms with van der Waals surface area (Å²) in [5.74, 6) is 0.696. The highest BCUT2D eigenvalue weighted by molar-refractivity contribution is 5.94. The number of anilines is 1. The summed E-state index contributed by atoms with van der Waals surface area (Å²) in [6.07, 6.45) is 2.45. The lowest BCUT2D eigenvalue weighted by Gasteiger charge is -2.12. The van der Waals surface area contributed by atoms with E-state index in [0.717, 1.165) is 12.2 Å². The molecule has 1 aromatic rings. The van der Waals surface area contributed by atoms with Crippen LogP contribution in [0.15, 0.2) is 18.3 Å². The quantitative estimate of drug-likeness (QED) is 0.747. The van der Waals surface area contributed by atoms with Gasteiger partial charge in [-0.2, -0.15) is 0 Å². The first kappa shape index (κ1) is 13.4. The average molecular weight is 237 g/mol. The van der Waals surface area contributed by atoms with Crippen molar-refractivity contribution in [2.24, 2.45) is 0 Å². The molecule has 1 N–H and O–H groups in total. The Morgan fingerprint density at radius 2 is 2.29 bits per heavy atom. The second-order valence-electron chi connectivity index (χ2n) is 3.90. The summed E-state index contributed by atoms with van der Waals surface area (Å²) in [4.78, 5) is 17.8. The maximum Gasteiger partial charge on any atom is 0.251 e. The molecule has 0 aromatic carbocycles. The van der Waals surface area contributed by atoms with Crippen LogP contribution in [0.2, 0.25) is 0 Å². The number of ether oxygens (including phenoxy) is 1. The maximum atomic E-state index is 11.8. The number of carbonyl (C=O) groups excluding carboxylic acids is 1. The SMILES string of the molecule is COCCCNC(=O)c1ccnc(N(C)C)c1. The fourth-order valence-electron chi connectivity index (χ4n) is 1.32. The van der Waals surface area contributed by atoms with Crippen LogP contribution < -0.4 is 10.2 Å². The Labute approximate surface area is 102 Å². The molecule has 1 aromatic heterocycles. The Balaban J connectivity index is 2.53. The third-order valence-corrected chi connectivity index (χ3v) is 2.28. The molecule has 0 atom stereocenters. The zero-order chi connectivity index (χ0) is 12.7. The first-order chi connectivity index (χ1) is 8.15. The Bertz CT molecular complexity index is 367. The zero-order valence-corrected chi connectivity index (χ0v) is 10.6. The normalized spacial score (nSPS) is 10.1. The minimum Gasteiger partial charge on any atom is -0.385 e.